The van der Waals surface area contributed by atoms with Crippen molar-refractivity contribution >= 4 is 44.6 Å². The Labute approximate surface area is 188 Å². The molecule has 5 rings (SSSR count). The third kappa shape index (κ3) is 3.43. The SMILES string of the molecule is CCOC(=O)C1=C(c2ccccc2)Nc2nc3ccccc3n2[C@H]1c1cccc(Br)c1. The van der Waals surface area contributed by atoms with Gasteiger partial charge in [-0.1, -0.05) is 70.5 Å². The zero-order valence-electron chi connectivity index (χ0n) is 16.9. The van der Waals surface area contributed by atoms with Gasteiger partial charge in [-0.2, -0.15) is 0 Å². The quantitative estimate of drug-likeness (QED) is 0.381. The van der Waals surface area contributed by atoms with Crippen LogP contribution >= 0.6 is 15.9 Å². The van der Waals surface area contributed by atoms with Crippen molar-refractivity contribution in [1.29, 1.82) is 0 Å². The Kier molecular flexibility index (Phi) is 5.08. The summed E-state index contributed by atoms with van der Waals surface area (Å²) in [6.45, 7) is 2.12. The van der Waals surface area contributed by atoms with Crippen LogP contribution in [0.15, 0.2) is 88.9 Å². The molecular formula is C25H20BrN3O2. The monoisotopic (exact) mass is 473 g/mol. The molecule has 1 N–H and O–H groups in total. The van der Waals surface area contributed by atoms with E-state index in [0.29, 0.717) is 23.8 Å². The van der Waals surface area contributed by atoms with Gasteiger partial charge in [0.25, 0.3) is 0 Å². The lowest BCUT2D eigenvalue weighted by atomic mass is 9.92. The highest BCUT2D eigenvalue weighted by Gasteiger charge is 2.36. The molecule has 2 heterocycles. The van der Waals surface area contributed by atoms with Crippen molar-refractivity contribution in [2.24, 2.45) is 0 Å². The molecule has 1 aromatic heterocycles. The number of imidazole rings is 1. The second-order valence-electron chi connectivity index (χ2n) is 7.25. The van der Waals surface area contributed by atoms with Crippen molar-refractivity contribution in [3.63, 3.8) is 0 Å². The molecule has 1 aliphatic rings. The van der Waals surface area contributed by atoms with Crippen molar-refractivity contribution in [2.45, 2.75) is 13.0 Å². The third-order valence-corrected chi connectivity index (χ3v) is 5.85. The topological polar surface area (TPSA) is 56.1 Å². The molecule has 1 atom stereocenters. The Hall–Kier alpha value is -3.38. The second-order valence-corrected chi connectivity index (χ2v) is 8.17. The Bertz CT molecular complexity index is 1310. The summed E-state index contributed by atoms with van der Waals surface area (Å²) >= 11 is 3.58. The van der Waals surface area contributed by atoms with E-state index in [9.17, 15) is 4.79 Å². The fourth-order valence-electron chi connectivity index (χ4n) is 4.09. The van der Waals surface area contributed by atoms with Crippen LogP contribution in [-0.2, 0) is 9.53 Å². The summed E-state index contributed by atoms with van der Waals surface area (Å²) in [6.07, 6.45) is 0. The molecule has 5 nitrogen and oxygen atoms in total. The second kappa shape index (κ2) is 8.04. The molecule has 3 aromatic carbocycles. The van der Waals surface area contributed by atoms with Crippen molar-refractivity contribution in [3.05, 3.63) is 100 Å². The Balaban J connectivity index is 1.84. The number of aromatic nitrogens is 2. The first-order chi connectivity index (χ1) is 15.2. The zero-order chi connectivity index (χ0) is 21.4. The molecule has 0 saturated heterocycles. The average molecular weight is 474 g/mol. The highest BCUT2D eigenvalue weighted by atomic mass is 79.9. The van der Waals surface area contributed by atoms with E-state index in [1.54, 1.807) is 0 Å². The number of anilines is 1. The Morgan fingerprint density at radius 3 is 2.61 bits per heavy atom. The highest BCUT2D eigenvalue weighted by molar-refractivity contribution is 9.10. The minimum absolute atomic E-state index is 0.299. The number of para-hydroxylation sites is 2. The number of rotatable bonds is 4. The average Bonchev–Trinajstić information content (AvgIpc) is 3.17. The summed E-state index contributed by atoms with van der Waals surface area (Å²) in [5.74, 6) is 0.348. The number of nitrogens with zero attached hydrogens (tertiary/aromatic N) is 2. The van der Waals surface area contributed by atoms with Crippen LogP contribution in [0.2, 0.25) is 0 Å². The van der Waals surface area contributed by atoms with E-state index in [-0.39, 0.29) is 5.97 Å². The summed E-state index contributed by atoms with van der Waals surface area (Å²) in [7, 11) is 0. The lowest BCUT2D eigenvalue weighted by Crippen LogP contribution is -2.29. The van der Waals surface area contributed by atoms with Gasteiger partial charge in [0.05, 0.1) is 35.0 Å². The molecule has 4 aromatic rings. The molecule has 0 fully saturated rings. The molecule has 0 radical (unpaired) electrons. The molecule has 1 aliphatic heterocycles. The van der Waals surface area contributed by atoms with Gasteiger partial charge in [-0.25, -0.2) is 9.78 Å². The molecule has 0 saturated carbocycles. The van der Waals surface area contributed by atoms with E-state index in [4.69, 9.17) is 9.72 Å². The Morgan fingerprint density at radius 2 is 1.84 bits per heavy atom. The predicted octanol–water partition coefficient (Wildman–Crippen LogP) is 5.79. The number of esters is 1. The molecule has 154 valence electrons. The van der Waals surface area contributed by atoms with Gasteiger partial charge in [0.15, 0.2) is 0 Å². The van der Waals surface area contributed by atoms with Crippen LogP contribution in [0, 0.1) is 0 Å². The minimum atomic E-state index is -0.393. The van der Waals surface area contributed by atoms with Gasteiger partial charge in [0, 0.05) is 4.47 Å². The first kappa shape index (κ1) is 19.6. The third-order valence-electron chi connectivity index (χ3n) is 5.36. The molecule has 0 bridgehead atoms. The fourth-order valence-corrected chi connectivity index (χ4v) is 4.50. The molecular weight excluding hydrogens is 454 g/mol. The van der Waals surface area contributed by atoms with E-state index >= 15 is 0 Å². The molecule has 0 spiro atoms. The number of carbonyl (C=O) groups is 1. The summed E-state index contributed by atoms with van der Waals surface area (Å²) < 4.78 is 8.56. The number of hydrogen-bond donors (Lipinski definition) is 1. The predicted molar refractivity (Wildman–Crippen MR) is 126 cm³/mol. The number of nitrogens with one attached hydrogen (secondary N) is 1. The maximum Gasteiger partial charge on any atom is 0.338 e. The lowest BCUT2D eigenvalue weighted by molar-refractivity contribution is -0.138. The van der Waals surface area contributed by atoms with Gasteiger partial charge in [0.2, 0.25) is 5.95 Å². The van der Waals surface area contributed by atoms with Crippen molar-refractivity contribution in [3.8, 4) is 0 Å². The van der Waals surface area contributed by atoms with Crippen LogP contribution < -0.4 is 5.32 Å². The normalized spacial score (nSPS) is 15.5. The largest absolute Gasteiger partial charge is 0.463 e. The summed E-state index contributed by atoms with van der Waals surface area (Å²) in [5.41, 5.74) is 4.96. The van der Waals surface area contributed by atoms with Crippen LogP contribution in [0.5, 0.6) is 0 Å². The first-order valence-electron chi connectivity index (χ1n) is 10.1. The van der Waals surface area contributed by atoms with Gasteiger partial charge in [-0.05, 0) is 42.3 Å². The van der Waals surface area contributed by atoms with Crippen LogP contribution in [0.1, 0.15) is 24.1 Å². The Morgan fingerprint density at radius 1 is 1.06 bits per heavy atom. The maximum atomic E-state index is 13.4. The zero-order valence-corrected chi connectivity index (χ0v) is 18.5. The number of hydrogen-bond acceptors (Lipinski definition) is 4. The van der Waals surface area contributed by atoms with Crippen LogP contribution in [0.25, 0.3) is 16.7 Å². The summed E-state index contributed by atoms with van der Waals surface area (Å²) in [4.78, 5) is 18.2. The van der Waals surface area contributed by atoms with Crippen LogP contribution in [0.3, 0.4) is 0 Å². The molecule has 0 unspecified atom stereocenters. The standard InChI is InChI=1S/C25H20BrN3O2/c1-2-31-24(30)21-22(16-9-4-3-5-10-16)28-25-27-19-13-6-7-14-20(19)29(25)23(21)17-11-8-12-18(26)15-17/h3-15,23H,2H2,1H3,(H,27,28)/t23-/m0/s1. The van der Waals surface area contributed by atoms with Crippen molar-refractivity contribution in [2.75, 3.05) is 11.9 Å². The number of ether oxygens (including phenoxy) is 1. The molecule has 6 heteroatoms. The maximum absolute atomic E-state index is 13.4. The van der Waals surface area contributed by atoms with E-state index in [2.05, 4.69) is 25.8 Å². The van der Waals surface area contributed by atoms with Gasteiger partial charge >= 0.3 is 5.97 Å². The van der Waals surface area contributed by atoms with E-state index in [1.165, 1.54) is 0 Å². The highest BCUT2D eigenvalue weighted by Crippen LogP contribution is 2.42. The smallest absolute Gasteiger partial charge is 0.338 e. The van der Waals surface area contributed by atoms with Gasteiger partial charge in [-0.15, -0.1) is 0 Å². The van der Waals surface area contributed by atoms with Gasteiger partial charge in [0.1, 0.15) is 0 Å². The number of halogens is 1. The first-order valence-corrected chi connectivity index (χ1v) is 10.9. The molecule has 0 aliphatic carbocycles. The number of carbonyl (C=O) groups excluding carboxylic acids is 1. The summed E-state index contributed by atoms with van der Waals surface area (Å²) in [5, 5.41) is 3.43. The summed E-state index contributed by atoms with van der Waals surface area (Å²) in [6, 6.07) is 25.4. The fraction of sp³-hybridized carbons (Fsp3) is 0.120. The molecule has 0 amide bonds. The van der Waals surface area contributed by atoms with E-state index < -0.39 is 6.04 Å². The van der Waals surface area contributed by atoms with Crippen LogP contribution in [0.4, 0.5) is 5.95 Å². The number of fused-ring (bicyclic) bond motifs is 3. The lowest BCUT2D eigenvalue weighted by Gasteiger charge is -2.31. The van der Waals surface area contributed by atoms with Gasteiger partial charge in [-0.3, -0.25) is 4.57 Å². The molecule has 31 heavy (non-hydrogen) atoms. The van der Waals surface area contributed by atoms with Crippen molar-refractivity contribution in [1.82, 2.24) is 9.55 Å². The van der Waals surface area contributed by atoms with Crippen LogP contribution in [-0.4, -0.2) is 22.1 Å². The van der Waals surface area contributed by atoms with E-state index in [0.717, 1.165) is 26.6 Å². The van der Waals surface area contributed by atoms with Crippen molar-refractivity contribution < 1.29 is 9.53 Å². The van der Waals surface area contributed by atoms with E-state index in [1.807, 2.05) is 85.8 Å². The number of benzene rings is 3. The van der Waals surface area contributed by atoms with Gasteiger partial charge < -0.3 is 10.1 Å². The minimum Gasteiger partial charge on any atom is -0.463 e.